The number of benzene rings is 1. The van der Waals surface area contributed by atoms with Crippen LogP contribution in [0.15, 0.2) is 12.1 Å². The number of rotatable bonds is 2. The van der Waals surface area contributed by atoms with E-state index in [1.807, 2.05) is 20.8 Å². The number of hydrogen-bond acceptors (Lipinski definition) is 2. The van der Waals surface area contributed by atoms with Crippen molar-refractivity contribution in [2.45, 2.75) is 52.7 Å². The highest BCUT2D eigenvalue weighted by Crippen LogP contribution is 2.26. The van der Waals surface area contributed by atoms with E-state index >= 15 is 0 Å². The zero-order chi connectivity index (χ0) is 12.6. The summed E-state index contributed by atoms with van der Waals surface area (Å²) in [6.45, 7) is 8.10. The van der Waals surface area contributed by atoms with E-state index in [-0.39, 0.29) is 18.0 Å². The second-order valence-electron chi connectivity index (χ2n) is 5.15. The summed E-state index contributed by atoms with van der Waals surface area (Å²) < 4.78 is 5.67. The Morgan fingerprint density at radius 1 is 1.18 bits per heavy atom. The van der Waals surface area contributed by atoms with Crippen LogP contribution in [0.5, 0.6) is 0 Å². The predicted molar refractivity (Wildman–Crippen MR) is 68.6 cm³/mol. The molecule has 17 heavy (non-hydrogen) atoms. The average Bonchev–Trinajstić information content (AvgIpc) is 2.63. The molecule has 1 aromatic carbocycles. The van der Waals surface area contributed by atoms with E-state index in [0.29, 0.717) is 0 Å². The summed E-state index contributed by atoms with van der Waals surface area (Å²) in [6.07, 6.45) is 1.83. The van der Waals surface area contributed by atoms with Gasteiger partial charge in [-0.3, -0.25) is 4.79 Å². The van der Waals surface area contributed by atoms with Gasteiger partial charge < -0.3 is 4.74 Å². The number of aryl methyl sites for hydroxylation is 3. The Bertz CT molecular complexity index is 425. The molecule has 2 unspecified atom stereocenters. The van der Waals surface area contributed by atoms with Crippen molar-refractivity contribution in [2.75, 3.05) is 0 Å². The molecule has 0 saturated carbocycles. The van der Waals surface area contributed by atoms with Gasteiger partial charge in [0.05, 0.1) is 6.10 Å². The lowest BCUT2D eigenvalue weighted by Gasteiger charge is -2.15. The fourth-order valence-corrected chi connectivity index (χ4v) is 2.73. The van der Waals surface area contributed by atoms with Gasteiger partial charge in [0.2, 0.25) is 0 Å². The summed E-state index contributed by atoms with van der Waals surface area (Å²) in [4.78, 5) is 12.4. The maximum Gasteiger partial charge on any atom is 0.192 e. The third-order valence-electron chi connectivity index (χ3n) is 3.45. The molecule has 2 heteroatoms. The molecule has 2 atom stereocenters. The van der Waals surface area contributed by atoms with Crippen LogP contribution in [0, 0.1) is 20.8 Å². The van der Waals surface area contributed by atoms with Gasteiger partial charge in [-0.05, 0) is 51.7 Å². The number of carbonyl (C=O) groups is 1. The van der Waals surface area contributed by atoms with Gasteiger partial charge in [0.15, 0.2) is 5.78 Å². The molecule has 0 bridgehead atoms. The molecule has 0 spiro atoms. The topological polar surface area (TPSA) is 26.3 Å². The summed E-state index contributed by atoms with van der Waals surface area (Å²) in [7, 11) is 0. The van der Waals surface area contributed by atoms with Crippen molar-refractivity contribution in [2.24, 2.45) is 0 Å². The molecule has 1 heterocycles. The van der Waals surface area contributed by atoms with Crippen LogP contribution in [0.4, 0.5) is 0 Å². The smallest absolute Gasteiger partial charge is 0.192 e. The largest absolute Gasteiger partial charge is 0.367 e. The number of ketones is 1. The highest BCUT2D eigenvalue weighted by atomic mass is 16.5. The van der Waals surface area contributed by atoms with E-state index in [0.717, 1.165) is 29.5 Å². The van der Waals surface area contributed by atoms with Gasteiger partial charge >= 0.3 is 0 Å². The van der Waals surface area contributed by atoms with Gasteiger partial charge in [-0.25, -0.2) is 0 Å². The lowest BCUT2D eigenvalue weighted by Crippen LogP contribution is -2.22. The van der Waals surface area contributed by atoms with Crippen molar-refractivity contribution in [1.29, 1.82) is 0 Å². The van der Waals surface area contributed by atoms with Crippen molar-refractivity contribution in [3.8, 4) is 0 Å². The summed E-state index contributed by atoms with van der Waals surface area (Å²) in [5.74, 6) is 0.157. The molecule has 2 rings (SSSR count). The van der Waals surface area contributed by atoms with Crippen LogP contribution >= 0.6 is 0 Å². The summed E-state index contributed by atoms with van der Waals surface area (Å²) in [5, 5.41) is 0. The van der Waals surface area contributed by atoms with Crippen molar-refractivity contribution < 1.29 is 9.53 Å². The molecule has 0 aliphatic carbocycles. The number of ether oxygens (including phenoxy) is 1. The fourth-order valence-electron chi connectivity index (χ4n) is 2.73. The zero-order valence-corrected chi connectivity index (χ0v) is 11.0. The molecule has 0 radical (unpaired) electrons. The minimum atomic E-state index is -0.231. The third kappa shape index (κ3) is 2.42. The van der Waals surface area contributed by atoms with Crippen molar-refractivity contribution in [1.82, 2.24) is 0 Å². The second-order valence-corrected chi connectivity index (χ2v) is 5.15. The molecule has 1 aliphatic rings. The van der Waals surface area contributed by atoms with Gasteiger partial charge in [0.25, 0.3) is 0 Å². The SMILES string of the molecule is Cc1cc(C)c(C(=O)C2CCC(C)O2)c(C)c1. The average molecular weight is 232 g/mol. The minimum Gasteiger partial charge on any atom is -0.367 e. The highest BCUT2D eigenvalue weighted by Gasteiger charge is 2.30. The number of Topliss-reactive ketones (excluding diaryl/α,β-unsaturated/α-hetero) is 1. The Hall–Kier alpha value is -1.15. The zero-order valence-electron chi connectivity index (χ0n) is 11.0. The van der Waals surface area contributed by atoms with Gasteiger partial charge in [-0.2, -0.15) is 0 Å². The molecule has 1 saturated heterocycles. The van der Waals surface area contributed by atoms with Crippen LogP contribution in [0.2, 0.25) is 0 Å². The van der Waals surface area contributed by atoms with E-state index < -0.39 is 0 Å². The Kier molecular flexibility index (Phi) is 3.34. The molecule has 0 N–H and O–H groups in total. The molecule has 2 nitrogen and oxygen atoms in total. The lowest BCUT2D eigenvalue weighted by atomic mass is 9.93. The van der Waals surface area contributed by atoms with Gasteiger partial charge in [-0.1, -0.05) is 17.7 Å². The normalized spacial score (nSPS) is 24.0. The fraction of sp³-hybridized carbons (Fsp3) is 0.533. The van der Waals surface area contributed by atoms with E-state index in [1.54, 1.807) is 0 Å². The van der Waals surface area contributed by atoms with Crippen LogP contribution in [0.1, 0.15) is 46.8 Å². The van der Waals surface area contributed by atoms with E-state index in [4.69, 9.17) is 4.74 Å². The quantitative estimate of drug-likeness (QED) is 0.731. The molecule has 0 aromatic heterocycles. The van der Waals surface area contributed by atoms with E-state index in [1.165, 1.54) is 5.56 Å². The predicted octanol–water partition coefficient (Wildman–Crippen LogP) is 3.36. The first kappa shape index (κ1) is 12.3. The van der Waals surface area contributed by atoms with Crippen LogP contribution in [-0.4, -0.2) is 18.0 Å². The summed E-state index contributed by atoms with van der Waals surface area (Å²) >= 11 is 0. The Morgan fingerprint density at radius 3 is 2.24 bits per heavy atom. The van der Waals surface area contributed by atoms with Crippen molar-refractivity contribution in [3.05, 3.63) is 34.4 Å². The molecule has 1 aliphatic heterocycles. The molecule has 1 aromatic rings. The molecular weight excluding hydrogens is 212 g/mol. The van der Waals surface area contributed by atoms with Crippen LogP contribution < -0.4 is 0 Å². The second kappa shape index (κ2) is 4.61. The van der Waals surface area contributed by atoms with Gasteiger partial charge in [0.1, 0.15) is 6.10 Å². The maximum absolute atomic E-state index is 12.4. The van der Waals surface area contributed by atoms with Crippen LogP contribution in [0.25, 0.3) is 0 Å². The number of carbonyl (C=O) groups excluding carboxylic acids is 1. The monoisotopic (exact) mass is 232 g/mol. The molecule has 0 amide bonds. The van der Waals surface area contributed by atoms with Gasteiger partial charge in [0, 0.05) is 5.56 Å². The standard InChI is InChI=1S/C15H20O2/c1-9-7-10(2)14(11(3)8-9)15(16)13-6-5-12(4)17-13/h7-8,12-13H,5-6H2,1-4H3. The lowest BCUT2D eigenvalue weighted by molar-refractivity contribution is 0.0432. The van der Waals surface area contributed by atoms with Gasteiger partial charge in [-0.15, -0.1) is 0 Å². The van der Waals surface area contributed by atoms with Crippen molar-refractivity contribution >= 4 is 5.78 Å². The Labute approximate surface area is 103 Å². The highest BCUT2D eigenvalue weighted by molar-refractivity contribution is 6.02. The minimum absolute atomic E-state index is 0.157. The van der Waals surface area contributed by atoms with Crippen LogP contribution in [0.3, 0.4) is 0 Å². The Balaban J connectivity index is 2.31. The molecular formula is C15H20O2. The summed E-state index contributed by atoms with van der Waals surface area (Å²) in [5.41, 5.74) is 4.19. The van der Waals surface area contributed by atoms with E-state index in [2.05, 4.69) is 19.1 Å². The third-order valence-corrected chi connectivity index (χ3v) is 3.45. The molecule has 1 fully saturated rings. The first-order valence-corrected chi connectivity index (χ1v) is 6.26. The number of hydrogen-bond donors (Lipinski definition) is 0. The van der Waals surface area contributed by atoms with Crippen LogP contribution in [-0.2, 0) is 4.74 Å². The Morgan fingerprint density at radius 2 is 1.76 bits per heavy atom. The maximum atomic E-state index is 12.4. The summed E-state index contributed by atoms with van der Waals surface area (Å²) in [6, 6.07) is 4.14. The molecule has 92 valence electrons. The first-order chi connectivity index (χ1) is 7.99. The van der Waals surface area contributed by atoms with Crippen molar-refractivity contribution in [3.63, 3.8) is 0 Å². The first-order valence-electron chi connectivity index (χ1n) is 6.26. The van der Waals surface area contributed by atoms with E-state index in [9.17, 15) is 4.79 Å².